The number of nitrogens with zero attached hydrogens (tertiary/aromatic N) is 3. The van der Waals surface area contributed by atoms with Gasteiger partial charge in [-0.3, -0.25) is 9.78 Å². The minimum absolute atomic E-state index is 0.0271. The molecule has 1 unspecified atom stereocenters. The van der Waals surface area contributed by atoms with E-state index in [2.05, 4.69) is 21.8 Å². The zero-order valence-corrected chi connectivity index (χ0v) is 15.9. The van der Waals surface area contributed by atoms with E-state index in [1.54, 1.807) is 6.20 Å². The van der Waals surface area contributed by atoms with Crippen LogP contribution in [0.2, 0.25) is 0 Å². The van der Waals surface area contributed by atoms with Gasteiger partial charge in [-0.05, 0) is 48.9 Å². The van der Waals surface area contributed by atoms with Gasteiger partial charge in [0, 0.05) is 43.3 Å². The number of hydrogen-bond acceptors (Lipinski definition) is 4. The van der Waals surface area contributed by atoms with Crippen LogP contribution in [-0.2, 0) is 6.54 Å². The van der Waals surface area contributed by atoms with Gasteiger partial charge in [0.15, 0.2) is 0 Å². The van der Waals surface area contributed by atoms with Gasteiger partial charge in [-0.2, -0.15) is 0 Å². The Morgan fingerprint density at radius 2 is 2.11 bits per heavy atom. The highest BCUT2D eigenvalue weighted by Gasteiger charge is 2.33. The van der Waals surface area contributed by atoms with Crippen molar-refractivity contribution in [3.8, 4) is 5.75 Å². The van der Waals surface area contributed by atoms with E-state index in [-0.39, 0.29) is 11.9 Å². The molecule has 0 saturated carbocycles. The normalized spacial score (nSPS) is 15.9. The van der Waals surface area contributed by atoms with Gasteiger partial charge in [-0.25, -0.2) is 0 Å². The van der Waals surface area contributed by atoms with E-state index in [4.69, 9.17) is 10.5 Å². The minimum atomic E-state index is -0.216. The lowest BCUT2D eigenvalue weighted by atomic mass is 10.0. The molecule has 6 heteroatoms. The Morgan fingerprint density at radius 3 is 2.89 bits per heavy atom. The van der Waals surface area contributed by atoms with Crippen molar-refractivity contribution in [3.05, 3.63) is 83.4 Å². The molecule has 1 atom stereocenters. The maximum atomic E-state index is 13.5. The van der Waals surface area contributed by atoms with Gasteiger partial charge < -0.3 is 19.9 Å². The molecule has 6 nitrogen and oxygen atoms in total. The number of ether oxygens (including phenoxy) is 1. The molecule has 28 heavy (non-hydrogen) atoms. The van der Waals surface area contributed by atoms with Crippen LogP contribution in [0.4, 0.5) is 0 Å². The number of hydrogen-bond donors (Lipinski definition) is 1. The molecule has 1 amide bonds. The summed E-state index contributed by atoms with van der Waals surface area (Å²) in [6.45, 7) is 4.20. The molecule has 0 fully saturated rings. The molecule has 144 valence electrons. The van der Waals surface area contributed by atoms with Crippen molar-refractivity contribution in [3.63, 3.8) is 0 Å². The van der Waals surface area contributed by atoms with Gasteiger partial charge in [-0.1, -0.05) is 12.1 Å². The predicted octanol–water partition coefficient (Wildman–Crippen LogP) is 2.77. The highest BCUT2D eigenvalue weighted by atomic mass is 16.5. The van der Waals surface area contributed by atoms with Crippen molar-refractivity contribution < 1.29 is 9.53 Å². The Labute approximate surface area is 164 Å². The first-order valence-corrected chi connectivity index (χ1v) is 9.49. The standard InChI is InChI=1S/C22H24N4O2/c1-16-7-8-17(15-20(16)28-14-9-23)22(27)26-13-12-25-11-4-6-19(25)21(26)18-5-2-3-10-24-18/h2-8,10-11,15,21H,9,12-14,23H2,1H3. The summed E-state index contributed by atoms with van der Waals surface area (Å²) in [5.74, 6) is 0.673. The van der Waals surface area contributed by atoms with Crippen LogP contribution in [0, 0.1) is 6.92 Å². The molecule has 4 rings (SSSR count). The first kappa shape index (κ1) is 18.3. The van der Waals surface area contributed by atoms with Crippen molar-refractivity contribution >= 4 is 5.91 Å². The third-order valence-corrected chi connectivity index (χ3v) is 5.08. The highest BCUT2D eigenvalue weighted by molar-refractivity contribution is 5.95. The van der Waals surface area contributed by atoms with E-state index in [9.17, 15) is 4.79 Å². The zero-order valence-electron chi connectivity index (χ0n) is 15.9. The molecule has 0 saturated heterocycles. The number of fused-ring (bicyclic) bond motifs is 1. The third kappa shape index (κ3) is 3.39. The van der Waals surface area contributed by atoms with Crippen LogP contribution in [0.1, 0.15) is 33.4 Å². The van der Waals surface area contributed by atoms with Gasteiger partial charge in [0.2, 0.25) is 0 Å². The second-order valence-electron chi connectivity index (χ2n) is 6.90. The van der Waals surface area contributed by atoms with E-state index in [1.165, 1.54) is 0 Å². The van der Waals surface area contributed by atoms with Crippen LogP contribution in [0.3, 0.4) is 0 Å². The average molecular weight is 376 g/mol. The number of pyridine rings is 1. The molecule has 1 aliphatic rings. The molecular formula is C22H24N4O2. The van der Waals surface area contributed by atoms with E-state index >= 15 is 0 Å². The van der Waals surface area contributed by atoms with Crippen molar-refractivity contribution in [1.82, 2.24) is 14.5 Å². The van der Waals surface area contributed by atoms with Gasteiger partial charge in [0.1, 0.15) is 18.4 Å². The fourth-order valence-corrected chi connectivity index (χ4v) is 3.67. The van der Waals surface area contributed by atoms with Crippen LogP contribution in [0.25, 0.3) is 0 Å². The smallest absolute Gasteiger partial charge is 0.254 e. The number of nitrogens with two attached hydrogens (primary N) is 1. The monoisotopic (exact) mass is 376 g/mol. The van der Waals surface area contributed by atoms with E-state index in [0.717, 1.165) is 23.5 Å². The summed E-state index contributed by atoms with van der Waals surface area (Å²) >= 11 is 0. The SMILES string of the molecule is Cc1ccc(C(=O)N2CCn3cccc3C2c2ccccn2)cc1OCCN. The Kier molecular flexibility index (Phi) is 5.12. The molecule has 2 N–H and O–H groups in total. The zero-order chi connectivity index (χ0) is 19.5. The molecular weight excluding hydrogens is 352 g/mol. The lowest BCUT2D eigenvalue weighted by molar-refractivity contribution is 0.0659. The topological polar surface area (TPSA) is 73.4 Å². The third-order valence-electron chi connectivity index (χ3n) is 5.08. The molecule has 0 aliphatic carbocycles. The summed E-state index contributed by atoms with van der Waals surface area (Å²) < 4.78 is 7.90. The Morgan fingerprint density at radius 1 is 1.21 bits per heavy atom. The van der Waals surface area contributed by atoms with Crippen LogP contribution in [0.15, 0.2) is 60.9 Å². The molecule has 3 aromatic rings. The molecule has 1 aromatic carbocycles. The summed E-state index contributed by atoms with van der Waals surface area (Å²) in [5, 5.41) is 0. The number of carbonyl (C=O) groups excluding carboxylic acids is 1. The first-order valence-electron chi connectivity index (χ1n) is 9.49. The number of rotatable bonds is 5. The van der Waals surface area contributed by atoms with Crippen molar-refractivity contribution in [2.45, 2.75) is 19.5 Å². The lowest BCUT2D eigenvalue weighted by Gasteiger charge is -2.36. The number of benzene rings is 1. The summed E-state index contributed by atoms with van der Waals surface area (Å²) in [4.78, 5) is 19.9. The van der Waals surface area contributed by atoms with Crippen molar-refractivity contribution in [2.24, 2.45) is 5.73 Å². The molecule has 3 heterocycles. The molecule has 0 radical (unpaired) electrons. The van der Waals surface area contributed by atoms with Crippen LogP contribution in [0.5, 0.6) is 5.75 Å². The average Bonchev–Trinajstić information content (AvgIpc) is 3.21. The van der Waals surface area contributed by atoms with Crippen LogP contribution >= 0.6 is 0 Å². The highest BCUT2D eigenvalue weighted by Crippen LogP contribution is 2.33. The Balaban J connectivity index is 1.70. The molecule has 0 spiro atoms. The van der Waals surface area contributed by atoms with Gasteiger partial charge >= 0.3 is 0 Å². The van der Waals surface area contributed by atoms with Gasteiger partial charge in [0.25, 0.3) is 5.91 Å². The Hall–Kier alpha value is -3.12. The molecule has 1 aliphatic heterocycles. The first-order chi connectivity index (χ1) is 13.7. The number of aryl methyl sites for hydroxylation is 1. The summed E-state index contributed by atoms with van der Waals surface area (Å²) in [5.41, 5.74) is 9.08. The van der Waals surface area contributed by atoms with Gasteiger partial charge in [-0.15, -0.1) is 0 Å². The van der Waals surface area contributed by atoms with E-state index < -0.39 is 0 Å². The second kappa shape index (κ2) is 7.86. The lowest BCUT2D eigenvalue weighted by Crippen LogP contribution is -2.42. The summed E-state index contributed by atoms with van der Waals surface area (Å²) in [7, 11) is 0. The van der Waals surface area contributed by atoms with Crippen LogP contribution in [-0.4, -0.2) is 40.1 Å². The predicted molar refractivity (Wildman–Crippen MR) is 107 cm³/mol. The second-order valence-corrected chi connectivity index (χ2v) is 6.90. The largest absolute Gasteiger partial charge is 0.492 e. The van der Waals surface area contributed by atoms with Crippen molar-refractivity contribution in [2.75, 3.05) is 19.7 Å². The number of amides is 1. The fourth-order valence-electron chi connectivity index (χ4n) is 3.67. The number of aromatic nitrogens is 2. The summed E-state index contributed by atoms with van der Waals surface area (Å²) in [6, 6.07) is 15.3. The minimum Gasteiger partial charge on any atom is -0.492 e. The van der Waals surface area contributed by atoms with Crippen molar-refractivity contribution in [1.29, 1.82) is 0 Å². The molecule has 0 bridgehead atoms. The fraction of sp³-hybridized carbons (Fsp3) is 0.273. The number of carbonyl (C=O) groups is 1. The molecule has 2 aromatic heterocycles. The van der Waals surface area contributed by atoms with E-state index in [0.29, 0.717) is 31.0 Å². The summed E-state index contributed by atoms with van der Waals surface area (Å²) in [6.07, 6.45) is 3.82. The Bertz CT molecular complexity index is 968. The van der Waals surface area contributed by atoms with E-state index in [1.807, 2.05) is 54.3 Å². The van der Waals surface area contributed by atoms with Gasteiger partial charge in [0.05, 0.1) is 5.69 Å². The van der Waals surface area contributed by atoms with Crippen LogP contribution < -0.4 is 10.5 Å². The quantitative estimate of drug-likeness (QED) is 0.743. The maximum Gasteiger partial charge on any atom is 0.254 e. The maximum absolute atomic E-state index is 13.5.